The molecule has 0 aromatic heterocycles. The van der Waals surface area contributed by atoms with Crippen LogP contribution < -0.4 is 5.90 Å². The molecule has 1 fully saturated rings. The van der Waals surface area contributed by atoms with Crippen molar-refractivity contribution in [2.24, 2.45) is 17.7 Å². The standard InChI is InChI=1S/C9H15F2NO2/c1-6-2-3-7(4-6)5-9(10,11)8(13)14-12/h6-7H,2-5,12H2,1H3. The van der Waals surface area contributed by atoms with E-state index in [0.717, 1.165) is 19.3 Å². The minimum absolute atomic E-state index is 0.0842. The van der Waals surface area contributed by atoms with Crippen LogP contribution in [0.2, 0.25) is 0 Å². The molecule has 82 valence electrons. The zero-order valence-electron chi connectivity index (χ0n) is 8.13. The molecule has 5 heteroatoms. The Labute approximate surface area is 81.6 Å². The van der Waals surface area contributed by atoms with Crippen molar-refractivity contribution in [2.45, 2.75) is 38.5 Å². The highest BCUT2D eigenvalue weighted by Gasteiger charge is 2.43. The second-order valence-corrected chi connectivity index (χ2v) is 4.10. The van der Waals surface area contributed by atoms with Crippen molar-refractivity contribution >= 4 is 5.97 Å². The first-order valence-corrected chi connectivity index (χ1v) is 4.74. The van der Waals surface area contributed by atoms with E-state index < -0.39 is 18.3 Å². The van der Waals surface area contributed by atoms with E-state index in [9.17, 15) is 13.6 Å². The summed E-state index contributed by atoms with van der Waals surface area (Å²) in [7, 11) is 0. The summed E-state index contributed by atoms with van der Waals surface area (Å²) < 4.78 is 26.1. The first-order chi connectivity index (χ1) is 6.45. The van der Waals surface area contributed by atoms with Gasteiger partial charge < -0.3 is 4.84 Å². The molecule has 0 aromatic carbocycles. The van der Waals surface area contributed by atoms with Crippen molar-refractivity contribution in [2.75, 3.05) is 0 Å². The van der Waals surface area contributed by atoms with Gasteiger partial charge in [-0.05, 0) is 24.7 Å². The summed E-state index contributed by atoms with van der Waals surface area (Å²) in [4.78, 5) is 14.2. The monoisotopic (exact) mass is 207 g/mol. The van der Waals surface area contributed by atoms with Gasteiger partial charge in [0.2, 0.25) is 0 Å². The fourth-order valence-electron chi connectivity index (χ4n) is 2.04. The maximum Gasteiger partial charge on any atom is 0.395 e. The summed E-state index contributed by atoms with van der Waals surface area (Å²) in [6, 6.07) is 0. The van der Waals surface area contributed by atoms with Crippen LogP contribution in [-0.4, -0.2) is 11.9 Å². The molecule has 1 aliphatic carbocycles. The fourth-order valence-corrected chi connectivity index (χ4v) is 2.04. The predicted octanol–water partition coefficient (Wildman–Crippen LogP) is 1.86. The van der Waals surface area contributed by atoms with Gasteiger partial charge in [-0.2, -0.15) is 14.7 Å². The van der Waals surface area contributed by atoms with Crippen molar-refractivity contribution in [1.82, 2.24) is 0 Å². The molecule has 1 aliphatic rings. The molecule has 0 bridgehead atoms. The molecule has 0 heterocycles. The topological polar surface area (TPSA) is 52.3 Å². The van der Waals surface area contributed by atoms with E-state index in [2.05, 4.69) is 10.7 Å². The summed E-state index contributed by atoms with van der Waals surface area (Å²) in [5.74, 6) is -0.232. The number of hydrogen-bond acceptors (Lipinski definition) is 3. The highest BCUT2D eigenvalue weighted by Crippen LogP contribution is 2.37. The average molecular weight is 207 g/mol. The van der Waals surface area contributed by atoms with Gasteiger partial charge in [0, 0.05) is 6.42 Å². The van der Waals surface area contributed by atoms with Crippen molar-refractivity contribution in [3.63, 3.8) is 0 Å². The third-order valence-corrected chi connectivity index (χ3v) is 2.75. The Morgan fingerprint density at radius 1 is 1.57 bits per heavy atom. The highest BCUT2D eigenvalue weighted by molar-refractivity contribution is 5.77. The largest absolute Gasteiger partial charge is 0.395 e. The third kappa shape index (κ3) is 2.64. The second-order valence-electron chi connectivity index (χ2n) is 4.10. The molecule has 3 nitrogen and oxygen atoms in total. The lowest BCUT2D eigenvalue weighted by molar-refractivity contribution is -0.175. The molecule has 0 radical (unpaired) electrons. The van der Waals surface area contributed by atoms with Crippen LogP contribution in [0.4, 0.5) is 8.78 Å². The van der Waals surface area contributed by atoms with E-state index in [0.29, 0.717) is 5.92 Å². The van der Waals surface area contributed by atoms with Crippen LogP contribution >= 0.6 is 0 Å². The molecule has 0 spiro atoms. The van der Waals surface area contributed by atoms with Gasteiger partial charge in [-0.3, -0.25) is 0 Å². The van der Waals surface area contributed by atoms with E-state index in [1.807, 2.05) is 6.92 Å². The van der Waals surface area contributed by atoms with Gasteiger partial charge >= 0.3 is 11.9 Å². The van der Waals surface area contributed by atoms with Crippen LogP contribution in [0.5, 0.6) is 0 Å². The number of hydrogen-bond donors (Lipinski definition) is 1. The zero-order valence-corrected chi connectivity index (χ0v) is 8.13. The van der Waals surface area contributed by atoms with Crippen LogP contribution in [0.15, 0.2) is 0 Å². The molecule has 1 saturated carbocycles. The first-order valence-electron chi connectivity index (χ1n) is 4.74. The molecule has 2 N–H and O–H groups in total. The summed E-state index contributed by atoms with van der Waals surface area (Å²) in [5, 5.41) is 0. The van der Waals surface area contributed by atoms with Crippen molar-refractivity contribution in [1.29, 1.82) is 0 Å². The number of alkyl halides is 2. The Balaban J connectivity index is 2.46. The van der Waals surface area contributed by atoms with Gasteiger partial charge in [0.05, 0.1) is 0 Å². The third-order valence-electron chi connectivity index (χ3n) is 2.75. The lowest BCUT2D eigenvalue weighted by Crippen LogP contribution is -2.34. The van der Waals surface area contributed by atoms with Gasteiger partial charge in [-0.15, -0.1) is 0 Å². The smallest absolute Gasteiger partial charge is 0.369 e. The quantitative estimate of drug-likeness (QED) is 0.719. The van der Waals surface area contributed by atoms with Gasteiger partial charge in [-0.1, -0.05) is 13.3 Å². The van der Waals surface area contributed by atoms with Crippen LogP contribution in [0.3, 0.4) is 0 Å². The average Bonchev–Trinajstić information content (AvgIpc) is 2.48. The van der Waals surface area contributed by atoms with Crippen LogP contribution in [-0.2, 0) is 9.63 Å². The summed E-state index contributed by atoms with van der Waals surface area (Å²) in [6.07, 6.45) is 2.04. The molecular weight excluding hydrogens is 192 g/mol. The van der Waals surface area contributed by atoms with Crippen molar-refractivity contribution in [3.8, 4) is 0 Å². The second kappa shape index (κ2) is 4.21. The summed E-state index contributed by atoms with van der Waals surface area (Å²) >= 11 is 0. The van der Waals surface area contributed by atoms with E-state index in [1.54, 1.807) is 0 Å². The zero-order chi connectivity index (χ0) is 10.8. The molecule has 0 aliphatic heterocycles. The Hall–Kier alpha value is -0.710. The van der Waals surface area contributed by atoms with Crippen molar-refractivity contribution in [3.05, 3.63) is 0 Å². The lowest BCUT2D eigenvalue weighted by Gasteiger charge is -2.17. The highest BCUT2D eigenvalue weighted by atomic mass is 19.3. The van der Waals surface area contributed by atoms with E-state index >= 15 is 0 Å². The van der Waals surface area contributed by atoms with Crippen LogP contribution in [0.1, 0.15) is 32.6 Å². The SMILES string of the molecule is CC1CCC(CC(F)(F)C(=O)ON)C1. The predicted molar refractivity (Wildman–Crippen MR) is 46.3 cm³/mol. The molecule has 14 heavy (non-hydrogen) atoms. The van der Waals surface area contributed by atoms with Gasteiger partial charge in [0.1, 0.15) is 0 Å². The molecule has 0 amide bonds. The lowest BCUT2D eigenvalue weighted by atomic mass is 9.98. The fraction of sp³-hybridized carbons (Fsp3) is 0.889. The Kier molecular flexibility index (Phi) is 3.42. The molecule has 1 rings (SSSR count). The summed E-state index contributed by atoms with van der Waals surface area (Å²) in [6.45, 7) is 2.03. The Morgan fingerprint density at radius 2 is 2.21 bits per heavy atom. The molecular formula is C9H15F2NO2. The van der Waals surface area contributed by atoms with E-state index in [-0.39, 0.29) is 5.92 Å². The maximum absolute atomic E-state index is 13.0. The Morgan fingerprint density at radius 3 is 2.64 bits per heavy atom. The van der Waals surface area contributed by atoms with Crippen molar-refractivity contribution < 1.29 is 18.4 Å². The first kappa shape index (κ1) is 11.4. The molecule has 2 unspecified atom stereocenters. The number of rotatable bonds is 3. The van der Waals surface area contributed by atoms with E-state index in [1.165, 1.54) is 0 Å². The number of halogens is 2. The molecule has 0 aromatic rings. The minimum atomic E-state index is -3.43. The maximum atomic E-state index is 13.0. The number of nitrogens with two attached hydrogens (primary N) is 1. The number of carbonyl (C=O) groups is 1. The van der Waals surface area contributed by atoms with Crippen LogP contribution in [0, 0.1) is 11.8 Å². The minimum Gasteiger partial charge on any atom is -0.369 e. The van der Waals surface area contributed by atoms with Gasteiger partial charge in [0.15, 0.2) is 0 Å². The van der Waals surface area contributed by atoms with Crippen LogP contribution in [0.25, 0.3) is 0 Å². The Bertz CT molecular complexity index is 221. The normalized spacial score (nSPS) is 27.7. The van der Waals surface area contributed by atoms with Gasteiger partial charge in [0.25, 0.3) is 0 Å². The van der Waals surface area contributed by atoms with E-state index in [4.69, 9.17) is 0 Å². The number of carbonyl (C=O) groups excluding carboxylic acids is 1. The molecule has 2 atom stereocenters. The summed E-state index contributed by atoms with van der Waals surface area (Å²) in [5.41, 5.74) is 0. The van der Waals surface area contributed by atoms with Gasteiger partial charge in [-0.25, -0.2) is 4.79 Å². The molecule has 0 saturated heterocycles.